The highest BCUT2D eigenvalue weighted by atomic mass is 16.6. The second-order valence-electron chi connectivity index (χ2n) is 5.67. The van der Waals surface area contributed by atoms with Gasteiger partial charge in [0.15, 0.2) is 0 Å². The number of carbonyl (C=O) groups excluding carboxylic acids is 1. The van der Waals surface area contributed by atoms with Crippen molar-refractivity contribution in [1.82, 2.24) is 4.90 Å². The Bertz CT molecular complexity index is 571. The van der Waals surface area contributed by atoms with Gasteiger partial charge in [0.25, 0.3) is 11.6 Å². The molecule has 1 heterocycles. The highest BCUT2D eigenvalue weighted by Crippen LogP contribution is 2.25. The van der Waals surface area contributed by atoms with Crippen molar-refractivity contribution in [3.05, 3.63) is 33.9 Å². The molecule has 1 fully saturated rings. The first-order valence-electron chi connectivity index (χ1n) is 6.86. The van der Waals surface area contributed by atoms with Crippen molar-refractivity contribution in [2.75, 3.05) is 18.8 Å². The molecule has 114 valence electrons. The van der Waals surface area contributed by atoms with E-state index in [-0.39, 0.29) is 17.3 Å². The molecule has 21 heavy (non-hydrogen) atoms. The van der Waals surface area contributed by atoms with Crippen molar-refractivity contribution >= 4 is 17.3 Å². The van der Waals surface area contributed by atoms with Crippen molar-refractivity contribution < 1.29 is 14.8 Å². The van der Waals surface area contributed by atoms with Crippen molar-refractivity contribution in [3.8, 4) is 0 Å². The van der Waals surface area contributed by atoms with Gasteiger partial charge in [-0.3, -0.25) is 14.9 Å². The number of likely N-dealkylation sites (tertiary alicyclic amines) is 1. The summed E-state index contributed by atoms with van der Waals surface area (Å²) in [4.78, 5) is 24.2. The van der Waals surface area contributed by atoms with E-state index in [1.165, 1.54) is 18.2 Å². The summed E-state index contributed by atoms with van der Waals surface area (Å²) in [5.74, 6) is -0.214. The number of rotatable bonds is 2. The summed E-state index contributed by atoms with van der Waals surface area (Å²) in [6, 6.07) is 4.00. The van der Waals surface area contributed by atoms with E-state index in [0.717, 1.165) is 6.42 Å². The van der Waals surface area contributed by atoms with Crippen LogP contribution in [0.1, 0.15) is 36.5 Å². The van der Waals surface area contributed by atoms with Crippen LogP contribution in [0.5, 0.6) is 0 Å². The Hall–Kier alpha value is -2.15. The van der Waals surface area contributed by atoms with Crippen molar-refractivity contribution in [1.29, 1.82) is 0 Å². The number of nitro groups is 1. The lowest BCUT2D eigenvalue weighted by Gasteiger charge is -2.22. The summed E-state index contributed by atoms with van der Waals surface area (Å²) in [5.41, 5.74) is 4.97. The summed E-state index contributed by atoms with van der Waals surface area (Å²) < 4.78 is 0. The number of nitrogens with zero attached hydrogens (tertiary/aromatic N) is 2. The average molecular weight is 293 g/mol. The lowest BCUT2D eigenvalue weighted by atomic mass is 9.98. The van der Waals surface area contributed by atoms with Crippen molar-refractivity contribution in [2.24, 2.45) is 0 Å². The molecular weight excluding hydrogens is 274 g/mol. The lowest BCUT2D eigenvalue weighted by Crippen LogP contribution is -2.33. The smallest absolute Gasteiger partial charge is 0.292 e. The number of amides is 1. The maximum absolute atomic E-state index is 12.4. The van der Waals surface area contributed by atoms with Crippen LogP contribution >= 0.6 is 0 Å². The van der Waals surface area contributed by atoms with E-state index in [1.807, 2.05) is 0 Å². The minimum Gasteiger partial charge on any atom is -0.393 e. The van der Waals surface area contributed by atoms with E-state index < -0.39 is 10.5 Å². The van der Waals surface area contributed by atoms with Crippen LogP contribution in [0.4, 0.5) is 11.4 Å². The van der Waals surface area contributed by atoms with Gasteiger partial charge >= 0.3 is 0 Å². The van der Waals surface area contributed by atoms with Crippen LogP contribution in [-0.2, 0) is 0 Å². The second-order valence-corrected chi connectivity index (χ2v) is 5.67. The topological polar surface area (TPSA) is 110 Å². The lowest BCUT2D eigenvalue weighted by molar-refractivity contribution is -0.383. The van der Waals surface area contributed by atoms with E-state index in [9.17, 15) is 20.0 Å². The monoisotopic (exact) mass is 293 g/mol. The van der Waals surface area contributed by atoms with Gasteiger partial charge in [0.1, 0.15) is 5.69 Å². The molecule has 1 saturated heterocycles. The summed E-state index contributed by atoms with van der Waals surface area (Å²) >= 11 is 0. The highest BCUT2D eigenvalue weighted by molar-refractivity contribution is 5.95. The van der Waals surface area contributed by atoms with Crippen LogP contribution in [0, 0.1) is 10.1 Å². The molecule has 0 radical (unpaired) electrons. The molecule has 0 spiro atoms. The predicted molar refractivity (Wildman–Crippen MR) is 77.9 cm³/mol. The van der Waals surface area contributed by atoms with Crippen LogP contribution in [0.15, 0.2) is 18.2 Å². The number of anilines is 1. The standard InChI is InChI=1S/C14H19N3O4/c1-14(19)5-2-7-16(8-6-14)13(18)10-3-4-12(17(20)21)11(15)9-10/h3-4,9,19H,2,5-8,15H2,1H3. The largest absolute Gasteiger partial charge is 0.393 e. The van der Waals surface area contributed by atoms with Gasteiger partial charge in [-0.05, 0) is 38.3 Å². The van der Waals surface area contributed by atoms with Gasteiger partial charge in [-0.1, -0.05) is 0 Å². The van der Waals surface area contributed by atoms with Crippen LogP contribution in [0.2, 0.25) is 0 Å². The first-order valence-corrected chi connectivity index (χ1v) is 6.86. The zero-order chi connectivity index (χ0) is 15.6. The van der Waals surface area contributed by atoms with Crippen LogP contribution in [0.3, 0.4) is 0 Å². The summed E-state index contributed by atoms with van der Waals surface area (Å²) in [6.45, 7) is 2.79. The van der Waals surface area contributed by atoms with Crippen LogP contribution in [-0.4, -0.2) is 39.5 Å². The maximum Gasteiger partial charge on any atom is 0.292 e. The van der Waals surface area contributed by atoms with E-state index in [4.69, 9.17) is 5.73 Å². The van der Waals surface area contributed by atoms with Crippen molar-refractivity contribution in [2.45, 2.75) is 31.8 Å². The minimum absolute atomic E-state index is 0.0207. The molecular formula is C14H19N3O4. The number of aliphatic hydroxyl groups is 1. The van der Waals surface area contributed by atoms with Crippen LogP contribution < -0.4 is 5.73 Å². The third-order valence-corrected chi connectivity index (χ3v) is 3.82. The Kier molecular flexibility index (Phi) is 4.13. The molecule has 0 aromatic heterocycles. The van der Waals surface area contributed by atoms with Gasteiger partial charge in [0.05, 0.1) is 10.5 Å². The molecule has 7 nitrogen and oxygen atoms in total. The molecule has 1 aromatic carbocycles. The van der Waals surface area contributed by atoms with Crippen molar-refractivity contribution in [3.63, 3.8) is 0 Å². The number of benzene rings is 1. The van der Waals surface area contributed by atoms with Gasteiger partial charge in [0, 0.05) is 24.7 Å². The van der Waals surface area contributed by atoms with Gasteiger partial charge in [-0.25, -0.2) is 0 Å². The fraction of sp³-hybridized carbons (Fsp3) is 0.500. The molecule has 7 heteroatoms. The Morgan fingerprint density at radius 2 is 2.14 bits per heavy atom. The summed E-state index contributed by atoms with van der Waals surface area (Å²) in [5, 5.41) is 20.8. The minimum atomic E-state index is -0.746. The normalized spacial score (nSPS) is 22.7. The Morgan fingerprint density at radius 3 is 2.76 bits per heavy atom. The zero-order valence-electron chi connectivity index (χ0n) is 11.9. The van der Waals surface area contributed by atoms with E-state index >= 15 is 0 Å². The number of nitrogens with two attached hydrogens (primary N) is 1. The average Bonchev–Trinajstić information content (AvgIpc) is 2.58. The molecule has 1 amide bonds. The number of nitro benzene ring substituents is 1. The molecule has 1 aliphatic rings. The van der Waals surface area contributed by atoms with Gasteiger partial charge in [-0.15, -0.1) is 0 Å². The fourth-order valence-electron chi connectivity index (χ4n) is 2.50. The quantitative estimate of drug-likeness (QED) is 0.488. The Balaban J connectivity index is 2.16. The first-order chi connectivity index (χ1) is 9.80. The zero-order valence-corrected chi connectivity index (χ0v) is 11.9. The van der Waals surface area contributed by atoms with Gasteiger partial charge < -0.3 is 15.7 Å². The predicted octanol–water partition coefficient (Wildman–Crippen LogP) is 1.55. The maximum atomic E-state index is 12.4. The molecule has 2 rings (SSSR count). The molecule has 3 N–H and O–H groups in total. The molecule has 1 unspecified atom stereocenters. The number of carbonyl (C=O) groups is 1. The highest BCUT2D eigenvalue weighted by Gasteiger charge is 2.28. The molecule has 1 aliphatic heterocycles. The molecule has 1 aromatic rings. The SMILES string of the molecule is CC1(O)CCCN(C(=O)c2ccc([N+](=O)[O-])c(N)c2)CC1. The molecule has 0 saturated carbocycles. The Morgan fingerprint density at radius 1 is 1.43 bits per heavy atom. The second kappa shape index (κ2) is 5.69. The van der Waals surface area contributed by atoms with Gasteiger partial charge in [-0.2, -0.15) is 0 Å². The third kappa shape index (κ3) is 3.49. The molecule has 1 atom stereocenters. The number of nitrogen functional groups attached to an aromatic ring is 1. The molecule has 0 aliphatic carbocycles. The molecule has 0 bridgehead atoms. The van der Waals surface area contributed by atoms with E-state index in [2.05, 4.69) is 0 Å². The fourth-order valence-corrected chi connectivity index (χ4v) is 2.50. The first kappa shape index (κ1) is 15.2. The van der Waals surface area contributed by atoms with Gasteiger partial charge in [0.2, 0.25) is 0 Å². The van der Waals surface area contributed by atoms with Crippen LogP contribution in [0.25, 0.3) is 0 Å². The third-order valence-electron chi connectivity index (χ3n) is 3.82. The van der Waals surface area contributed by atoms with E-state index in [0.29, 0.717) is 31.5 Å². The Labute approximate surface area is 122 Å². The summed E-state index contributed by atoms with van der Waals surface area (Å²) in [6.07, 6.45) is 1.89. The van der Waals surface area contributed by atoms with E-state index in [1.54, 1.807) is 11.8 Å². The summed E-state index contributed by atoms with van der Waals surface area (Å²) in [7, 11) is 0. The number of hydrogen-bond acceptors (Lipinski definition) is 5. The number of hydrogen-bond donors (Lipinski definition) is 2.